The van der Waals surface area contributed by atoms with Crippen molar-refractivity contribution in [2.24, 2.45) is 0 Å². The summed E-state index contributed by atoms with van der Waals surface area (Å²) >= 11 is 5.20. The molecule has 1 N–H and O–H groups in total. The third kappa shape index (κ3) is 2.57. The van der Waals surface area contributed by atoms with Crippen LogP contribution in [0.3, 0.4) is 0 Å². The van der Waals surface area contributed by atoms with Gasteiger partial charge in [-0.15, -0.1) is 0 Å². The van der Waals surface area contributed by atoms with Crippen molar-refractivity contribution in [2.75, 3.05) is 5.32 Å². The van der Waals surface area contributed by atoms with Crippen molar-refractivity contribution in [3.8, 4) is 0 Å². The smallest absolute Gasteiger partial charge is 0.129 e. The standard InChI is InChI=1S/C11H9N3S/c15-11(10-6-7-12-8-13-10)14-9-4-2-1-3-5-9/h1-8H,(H,14,15). The predicted octanol–water partition coefficient (Wildman–Crippen LogP) is 2.26. The third-order valence-corrected chi connectivity index (χ3v) is 2.16. The van der Waals surface area contributed by atoms with Gasteiger partial charge in [-0.3, -0.25) is 0 Å². The van der Waals surface area contributed by atoms with Gasteiger partial charge >= 0.3 is 0 Å². The number of rotatable bonds is 2. The third-order valence-electron chi connectivity index (χ3n) is 1.85. The van der Waals surface area contributed by atoms with Gasteiger partial charge in [0.25, 0.3) is 0 Å². The van der Waals surface area contributed by atoms with Crippen LogP contribution in [0.1, 0.15) is 5.69 Å². The first-order valence-electron chi connectivity index (χ1n) is 4.49. The van der Waals surface area contributed by atoms with Crippen LogP contribution in [0, 0.1) is 0 Å². The van der Waals surface area contributed by atoms with Crippen LogP contribution in [0.2, 0.25) is 0 Å². The second-order valence-electron chi connectivity index (χ2n) is 2.91. The normalized spacial score (nSPS) is 9.60. The number of hydrogen-bond donors (Lipinski definition) is 1. The van der Waals surface area contributed by atoms with Gasteiger partial charge in [0.2, 0.25) is 0 Å². The summed E-state index contributed by atoms with van der Waals surface area (Å²) in [4.78, 5) is 8.50. The first-order chi connectivity index (χ1) is 7.36. The van der Waals surface area contributed by atoms with Crippen LogP contribution in [0.15, 0.2) is 48.9 Å². The molecule has 1 heterocycles. The maximum absolute atomic E-state index is 5.20. The minimum absolute atomic E-state index is 0.601. The molecule has 3 nitrogen and oxygen atoms in total. The van der Waals surface area contributed by atoms with Gasteiger partial charge < -0.3 is 5.32 Å². The van der Waals surface area contributed by atoms with Crippen LogP contribution >= 0.6 is 12.2 Å². The van der Waals surface area contributed by atoms with E-state index in [1.807, 2.05) is 30.3 Å². The lowest BCUT2D eigenvalue weighted by atomic mass is 10.3. The number of para-hydroxylation sites is 1. The molecule has 0 amide bonds. The van der Waals surface area contributed by atoms with Gasteiger partial charge in [-0.05, 0) is 18.2 Å². The number of hydrogen-bond acceptors (Lipinski definition) is 3. The van der Waals surface area contributed by atoms with E-state index in [1.165, 1.54) is 6.33 Å². The maximum atomic E-state index is 5.20. The highest BCUT2D eigenvalue weighted by Gasteiger charge is 2.01. The molecule has 0 atom stereocenters. The number of aromatic nitrogens is 2. The second kappa shape index (κ2) is 4.61. The quantitative estimate of drug-likeness (QED) is 0.780. The van der Waals surface area contributed by atoms with Gasteiger partial charge in [-0.25, -0.2) is 9.97 Å². The molecule has 0 unspecified atom stereocenters. The zero-order valence-corrected chi connectivity index (χ0v) is 8.74. The van der Waals surface area contributed by atoms with Crippen LogP contribution in [0.25, 0.3) is 0 Å². The molecule has 0 spiro atoms. The summed E-state index contributed by atoms with van der Waals surface area (Å²) in [5, 5.41) is 3.10. The molecule has 0 radical (unpaired) electrons. The van der Waals surface area contributed by atoms with E-state index < -0.39 is 0 Å². The Labute approximate surface area is 93.2 Å². The molecule has 2 rings (SSSR count). The highest BCUT2D eigenvalue weighted by atomic mass is 32.1. The Morgan fingerprint density at radius 3 is 2.60 bits per heavy atom. The highest BCUT2D eigenvalue weighted by molar-refractivity contribution is 7.81. The van der Waals surface area contributed by atoms with Gasteiger partial charge in [0.15, 0.2) is 0 Å². The number of anilines is 1. The van der Waals surface area contributed by atoms with Crippen molar-refractivity contribution in [2.45, 2.75) is 0 Å². The Morgan fingerprint density at radius 2 is 1.93 bits per heavy atom. The average molecular weight is 215 g/mol. The van der Waals surface area contributed by atoms with E-state index in [0.29, 0.717) is 4.99 Å². The van der Waals surface area contributed by atoms with E-state index in [2.05, 4.69) is 15.3 Å². The Kier molecular flexibility index (Phi) is 2.99. The van der Waals surface area contributed by atoms with Crippen LogP contribution in [0.4, 0.5) is 5.69 Å². The lowest BCUT2D eigenvalue weighted by Crippen LogP contribution is -2.11. The monoisotopic (exact) mass is 215 g/mol. The molecule has 0 aliphatic carbocycles. The van der Waals surface area contributed by atoms with Gasteiger partial charge in [-0.2, -0.15) is 0 Å². The predicted molar refractivity (Wildman–Crippen MR) is 63.8 cm³/mol. The SMILES string of the molecule is S=C(Nc1ccccc1)c1ccncn1. The molecular weight excluding hydrogens is 206 g/mol. The summed E-state index contributed by atoms with van der Waals surface area (Å²) in [6.07, 6.45) is 3.15. The molecule has 74 valence electrons. The van der Waals surface area contributed by atoms with Crippen molar-refractivity contribution in [1.29, 1.82) is 0 Å². The molecule has 0 bridgehead atoms. The molecule has 4 heteroatoms. The van der Waals surface area contributed by atoms with Crippen molar-refractivity contribution in [1.82, 2.24) is 9.97 Å². The second-order valence-corrected chi connectivity index (χ2v) is 3.32. The van der Waals surface area contributed by atoms with Gasteiger partial charge in [-0.1, -0.05) is 30.4 Å². The summed E-state index contributed by atoms with van der Waals surface area (Å²) in [7, 11) is 0. The van der Waals surface area contributed by atoms with Gasteiger partial charge in [0, 0.05) is 11.9 Å². The van der Waals surface area contributed by atoms with Crippen LogP contribution in [-0.2, 0) is 0 Å². The van der Waals surface area contributed by atoms with E-state index >= 15 is 0 Å². The molecule has 15 heavy (non-hydrogen) atoms. The fraction of sp³-hybridized carbons (Fsp3) is 0. The van der Waals surface area contributed by atoms with E-state index in [-0.39, 0.29) is 0 Å². The lowest BCUT2D eigenvalue weighted by molar-refractivity contribution is 1.15. The summed E-state index contributed by atoms with van der Waals surface area (Å²) in [5.74, 6) is 0. The van der Waals surface area contributed by atoms with Crippen LogP contribution < -0.4 is 5.32 Å². The summed E-state index contributed by atoms with van der Waals surface area (Å²) in [6.45, 7) is 0. The minimum Gasteiger partial charge on any atom is -0.345 e. The van der Waals surface area contributed by atoms with Gasteiger partial charge in [0.1, 0.15) is 17.0 Å². The Balaban J connectivity index is 2.12. The number of thiocarbonyl (C=S) groups is 1. The number of benzene rings is 1. The molecule has 1 aromatic heterocycles. The van der Waals surface area contributed by atoms with Crippen LogP contribution in [-0.4, -0.2) is 15.0 Å². The van der Waals surface area contributed by atoms with Crippen LogP contribution in [0.5, 0.6) is 0 Å². The Hall–Kier alpha value is -1.81. The highest BCUT2D eigenvalue weighted by Crippen LogP contribution is 2.07. The topological polar surface area (TPSA) is 37.8 Å². The molecule has 1 aromatic carbocycles. The molecule has 2 aromatic rings. The lowest BCUT2D eigenvalue weighted by Gasteiger charge is -2.05. The van der Waals surface area contributed by atoms with Gasteiger partial charge in [0.05, 0.1) is 0 Å². The Bertz CT molecular complexity index is 442. The number of nitrogens with zero attached hydrogens (tertiary/aromatic N) is 2. The minimum atomic E-state index is 0.601. The largest absolute Gasteiger partial charge is 0.345 e. The van der Waals surface area contributed by atoms with E-state index in [1.54, 1.807) is 12.3 Å². The first kappa shape index (κ1) is 9.73. The van der Waals surface area contributed by atoms with E-state index in [4.69, 9.17) is 12.2 Å². The molecule has 0 aliphatic heterocycles. The zero-order valence-electron chi connectivity index (χ0n) is 7.92. The van der Waals surface area contributed by atoms with E-state index in [0.717, 1.165) is 11.4 Å². The fourth-order valence-corrected chi connectivity index (χ4v) is 1.38. The summed E-state index contributed by atoms with van der Waals surface area (Å²) in [5.41, 5.74) is 1.69. The summed E-state index contributed by atoms with van der Waals surface area (Å²) in [6, 6.07) is 11.5. The first-order valence-corrected chi connectivity index (χ1v) is 4.89. The molecular formula is C11H9N3S. The fourth-order valence-electron chi connectivity index (χ4n) is 1.14. The summed E-state index contributed by atoms with van der Waals surface area (Å²) < 4.78 is 0. The van der Waals surface area contributed by atoms with Crippen molar-refractivity contribution >= 4 is 22.9 Å². The maximum Gasteiger partial charge on any atom is 0.129 e. The molecule has 0 fully saturated rings. The molecule has 0 aliphatic rings. The zero-order chi connectivity index (χ0) is 10.5. The Morgan fingerprint density at radius 1 is 1.13 bits per heavy atom. The molecule has 0 saturated carbocycles. The van der Waals surface area contributed by atoms with Crippen molar-refractivity contribution in [3.63, 3.8) is 0 Å². The van der Waals surface area contributed by atoms with Crippen molar-refractivity contribution < 1.29 is 0 Å². The number of nitrogens with one attached hydrogen (secondary N) is 1. The van der Waals surface area contributed by atoms with Crippen molar-refractivity contribution in [3.05, 3.63) is 54.6 Å². The molecule has 0 saturated heterocycles. The average Bonchev–Trinajstić information content (AvgIpc) is 2.31. The van der Waals surface area contributed by atoms with E-state index in [9.17, 15) is 0 Å².